The summed E-state index contributed by atoms with van der Waals surface area (Å²) in [6, 6.07) is 15.7. The molecular weight excluding hydrogens is 408 g/mol. The Hall–Kier alpha value is -2.80. The Morgan fingerprint density at radius 1 is 1.26 bits per heavy atom. The van der Waals surface area contributed by atoms with Gasteiger partial charge in [0.05, 0.1) is 17.3 Å². The molecule has 3 aromatic rings. The maximum atomic E-state index is 11.5. The summed E-state index contributed by atoms with van der Waals surface area (Å²) in [5, 5.41) is 6.00. The number of aromatic nitrogens is 2. The van der Waals surface area contributed by atoms with Gasteiger partial charge in [-0.3, -0.25) is 19.9 Å². The second kappa shape index (κ2) is 8.73. The number of hydrazine groups is 1. The Morgan fingerprint density at radius 2 is 2.04 bits per heavy atom. The van der Waals surface area contributed by atoms with Crippen LogP contribution in [0.25, 0.3) is 11.3 Å². The highest BCUT2D eigenvalue weighted by Gasteiger charge is 2.09. The van der Waals surface area contributed by atoms with E-state index in [4.69, 9.17) is 4.74 Å². The van der Waals surface area contributed by atoms with E-state index in [1.165, 1.54) is 5.01 Å². The maximum Gasteiger partial charge on any atom is 0.228 e. The van der Waals surface area contributed by atoms with Gasteiger partial charge in [0.15, 0.2) is 0 Å². The van der Waals surface area contributed by atoms with Crippen LogP contribution in [0.2, 0.25) is 0 Å². The fourth-order valence-electron chi connectivity index (χ4n) is 2.73. The Bertz CT molecular complexity index is 909. The summed E-state index contributed by atoms with van der Waals surface area (Å²) in [7, 11) is 3.52. The number of amides is 1. The summed E-state index contributed by atoms with van der Waals surface area (Å²) >= 11 is 3.52. The van der Waals surface area contributed by atoms with Gasteiger partial charge in [-0.05, 0) is 52.2 Å². The maximum absolute atomic E-state index is 11.5. The molecule has 2 aromatic carbocycles. The minimum atomic E-state index is 0.549. The van der Waals surface area contributed by atoms with E-state index in [-0.39, 0.29) is 0 Å². The van der Waals surface area contributed by atoms with Gasteiger partial charge in [0.25, 0.3) is 0 Å². The standard InChI is InChI=1S/C20H21BrN4O2/c1-24-13-19(21)20(23-24)16-4-3-5-17(12-16)22-25(14-26)11-10-15-6-8-18(27-2)9-7-15/h3-9,12-14,22H,10-11H2,1-2H3. The van der Waals surface area contributed by atoms with Crippen LogP contribution in [0.3, 0.4) is 0 Å². The van der Waals surface area contributed by atoms with Gasteiger partial charge in [0.1, 0.15) is 11.4 Å². The van der Waals surface area contributed by atoms with Crippen LogP contribution in [0.4, 0.5) is 5.69 Å². The van der Waals surface area contributed by atoms with Gasteiger partial charge in [0, 0.05) is 25.4 Å². The summed E-state index contributed by atoms with van der Waals surface area (Å²) in [6.07, 6.45) is 3.44. The molecule has 7 heteroatoms. The summed E-state index contributed by atoms with van der Waals surface area (Å²) in [6.45, 7) is 0.549. The smallest absolute Gasteiger partial charge is 0.228 e. The normalized spacial score (nSPS) is 10.5. The topological polar surface area (TPSA) is 59.4 Å². The van der Waals surface area contributed by atoms with E-state index in [9.17, 15) is 4.79 Å². The van der Waals surface area contributed by atoms with E-state index in [0.29, 0.717) is 6.54 Å². The number of hydrogen-bond acceptors (Lipinski definition) is 4. The second-order valence-electron chi connectivity index (χ2n) is 6.09. The first-order valence-corrected chi connectivity index (χ1v) is 9.29. The van der Waals surface area contributed by atoms with Crippen LogP contribution in [0.1, 0.15) is 5.56 Å². The number of ether oxygens (including phenoxy) is 1. The molecule has 0 aliphatic rings. The largest absolute Gasteiger partial charge is 0.497 e. The number of rotatable bonds is 8. The van der Waals surface area contributed by atoms with Crippen molar-refractivity contribution in [2.75, 3.05) is 19.1 Å². The van der Waals surface area contributed by atoms with E-state index in [0.717, 1.165) is 45.6 Å². The van der Waals surface area contributed by atoms with Crippen molar-refractivity contribution < 1.29 is 9.53 Å². The number of nitrogens with zero attached hydrogens (tertiary/aromatic N) is 3. The monoisotopic (exact) mass is 428 g/mol. The quantitative estimate of drug-likeness (QED) is 0.436. The lowest BCUT2D eigenvalue weighted by Crippen LogP contribution is -2.30. The molecule has 3 rings (SSSR count). The van der Waals surface area contributed by atoms with Gasteiger partial charge in [-0.15, -0.1) is 0 Å². The van der Waals surface area contributed by atoms with Crippen molar-refractivity contribution >= 4 is 28.0 Å². The molecule has 1 amide bonds. The summed E-state index contributed by atoms with van der Waals surface area (Å²) < 4.78 is 7.84. The number of hydrogen-bond donors (Lipinski definition) is 1. The van der Waals surface area contributed by atoms with Crippen molar-refractivity contribution in [3.05, 3.63) is 64.8 Å². The number of methoxy groups -OCH3 is 1. The number of benzene rings is 2. The average Bonchev–Trinajstić information content (AvgIpc) is 3.04. The number of carbonyl (C=O) groups excluding carboxylic acids is 1. The number of halogens is 1. The van der Waals surface area contributed by atoms with E-state index in [1.807, 2.05) is 61.8 Å². The Morgan fingerprint density at radius 3 is 2.67 bits per heavy atom. The number of nitrogens with one attached hydrogen (secondary N) is 1. The van der Waals surface area contributed by atoms with Gasteiger partial charge in [-0.2, -0.15) is 5.10 Å². The summed E-state index contributed by atoms with van der Waals surface area (Å²) in [4.78, 5) is 11.5. The molecule has 27 heavy (non-hydrogen) atoms. The molecule has 140 valence electrons. The number of anilines is 1. The molecule has 0 radical (unpaired) electrons. The fourth-order valence-corrected chi connectivity index (χ4v) is 3.34. The molecule has 0 saturated heterocycles. The van der Waals surface area contributed by atoms with Gasteiger partial charge in [0.2, 0.25) is 6.41 Å². The third-order valence-corrected chi connectivity index (χ3v) is 4.70. The number of aryl methyl sites for hydroxylation is 1. The first kappa shape index (κ1) is 19.0. The minimum Gasteiger partial charge on any atom is -0.497 e. The molecule has 0 unspecified atom stereocenters. The third kappa shape index (κ3) is 4.89. The first-order chi connectivity index (χ1) is 13.1. The Kier molecular flexibility index (Phi) is 6.13. The van der Waals surface area contributed by atoms with Crippen molar-refractivity contribution in [2.24, 2.45) is 7.05 Å². The molecule has 0 fully saturated rings. The van der Waals surface area contributed by atoms with Crippen LogP contribution in [-0.2, 0) is 18.3 Å². The van der Waals surface area contributed by atoms with E-state index in [1.54, 1.807) is 11.8 Å². The van der Waals surface area contributed by atoms with Crippen LogP contribution in [0.5, 0.6) is 5.75 Å². The zero-order valence-corrected chi connectivity index (χ0v) is 16.8. The highest BCUT2D eigenvalue weighted by atomic mass is 79.9. The first-order valence-electron chi connectivity index (χ1n) is 8.50. The van der Waals surface area contributed by atoms with Crippen LogP contribution in [-0.4, -0.2) is 34.9 Å². The molecular formula is C20H21BrN4O2. The van der Waals surface area contributed by atoms with Crippen molar-refractivity contribution in [3.63, 3.8) is 0 Å². The predicted molar refractivity (Wildman–Crippen MR) is 109 cm³/mol. The summed E-state index contributed by atoms with van der Waals surface area (Å²) in [5.41, 5.74) is 6.93. The highest BCUT2D eigenvalue weighted by molar-refractivity contribution is 9.10. The van der Waals surface area contributed by atoms with Crippen molar-refractivity contribution in [1.82, 2.24) is 14.8 Å². The SMILES string of the molecule is COc1ccc(CCN(C=O)Nc2cccc(-c3nn(C)cc3Br)c2)cc1. The Labute approximate surface area is 166 Å². The third-order valence-electron chi connectivity index (χ3n) is 4.12. The number of carbonyl (C=O) groups is 1. The summed E-state index contributed by atoms with van der Waals surface area (Å²) in [5.74, 6) is 0.821. The molecule has 0 saturated carbocycles. The van der Waals surface area contributed by atoms with Crippen molar-refractivity contribution in [1.29, 1.82) is 0 Å². The molecule has 0 aliphatic heterocycles. The van der Waals surface area contributed by atoms with Crippen LogP contribution >= 0.6 is 15.9 Å². The molecule has 1 N–H and O–H groups in total. The molecule has 1 aromatic heterocycles. The average molecular weight is 429 g/mol. The lowest BCUT2D eigenvalue weighted by Gasteiger charge is -2.20. The minimum absolute atomic E-state index is 0.549. The van der Waals surface area contributed by atoms with Gasteiger partial charge in [-0.1, -0.05) is 24.3 Å². The molecule has 0 spiro atoms. The van der Waals surface area contributed by atoms with Crippen LogP contribution in [0, 0.1) is 0 Å². The van der Waals surface area contributed by atoms with E-state index in [2.05, 4.69) is 26.5 Å². The fraction of sp³-hybridized carbons (Fsp3) is 0.200. The lowest BCUT2D eigenvalue weighted by molar-refractivity contribution is -0.117. The molecule has 6 nitrogen and oxygen atoms in total. The van der Waals surface area contributed by atoms with Crippen LogP contribution < -0.4 is 10.2 Å². The molecule has 0 aliphatic carbocycles. The highest BCUT2D eigenvalue weighted by Crippen LogP contribution is 2.28. The lowest BCUT2D eigenvalue weighted by atomic mass is 10.1. The van der Waals surface area contributed by atoms with E-state index >= 15 is 0 Å². The Balaban J connectivity index is 1.66. The van der Waals surface area contributed by atoms with Crippen molar-refractivity contribution in [3.8, 4) is 17.0 Å². The van der Waals surface area contributed by atoms with Crippen LogP contribution in [0.15, 0.2) is 59.2 Å². The molecule has 0 atom stereocenters. The second-order valence-corrected chi connectivity index (χ2v) is 6.94. The zero-order valence-electron chi connectivity index (χ0n) is 15.2. The molecule has 1 heterocycles. The zero-order chi connectivity index (χ0) is 19.2. The van der Waals surface area contributed by atoms with Gasteiger partial charge >= 0.3 is 0 Å². The van der Waals surface area contributed by atoms with Crippen molar-refractivity contribution in [2.45, 2.75) is 6.42 Å². The van der Waals surface area contributed by atoms with Gasteiger partial charge in [-0.25, -0.2) is 0 Å². The van der Waals surface area contributed by atoms with Gasteiger partial charge < -0.3 is 4.74 Å². The van der Waals surface area contributed by atoms with E-state index < -0.39 is 0 Å². The predicted octanol–water partition coefficient (Wildman–Crippen LogP) is 3.89. The molecule has 0 bridgehead atoms.